The fraction of sp³-hybridized carbons (Fsp3) is 0.429. The van der Waals surface area contributed by atoms with E-state index in [1.165, 1.54) is 12.1 Å². The third-order valence-corrected chi connectivity index (χ3v) is 5.00. The van der Waals surface area contributed by atoms with Crippen LogP contribution in [0.3, 0.4) is 0 Å². The van der Waals surface area contributed by atoms with Gasteiger partial charge in [0.1, 0.15) is 5.82 Å². The van der Waals surface area contributed by atoms with Crippen LogP contribution >= 0.6 is 0 Å². The van der Waals surface area contributed by atoms with Crippen molar-refractivity contribution in [3.8, 4) is 0 Å². The first-order chi connectivity index (χ1) is 11.4. The third kappa shape index (κ3) is 2.97. The highest BCUT2D eigenvalue weighted by Gasteiger charge is 2.45. The minimum Gasteiger partial charge on any atom is -0.206 e. The van der Waals surface area contributed by atoms with Gasteiger partial charge in [0.15, 0.2) is 0 Å². The molecule has 0 heterocycles. The van der Waals surface area contributed by atoms with Gasteiger partial charge in [-0.3, -0.25) is 0 Å². The Bertz CT molecular complexity index is 774. The predicted molar refractivity (Wildman–Crippen MR) is 93.7 cm³/mol. The Balaban J connectivity index is 1.89. The molecule has 0 spiro atoms. The van der Waals surface area contributed by atoms with Crippen LogP contribution < -0.4 is 0 Å². The number of hydrogen-bond acceptors (Lipinski definition) is 0. The van der Waals surface area contributed by atoms with E-state index < -0.39 is 17.3 Å². The van der Waals surface area contributed by atoms with Crippen molar-refractivity contribution in [2.75, 3.05) is 0 Å². The van der Waals surface area contributed by atoms with Crippen molar-refractivity contribution in [2.24, 2.45) is 5.92 Å². The molecule has 3 rings (SSSR count). The molecule has 2 aromatic rings. The predicted octanol–water partition coefficient (Wildman–Crippen LogP) is 7.07. The maximum atomic E-state index is 14.8. The summed E-state index contributed by atoms with van der Waals surface area (Å²) in [7, 11) is 0. The number of benzene rings is 2. The maximum Gasteiger partial charge on any atom is 0.298 e. The first-order valence-corrected chi connectivity index (χ1v) is 8.75. The van der Waals surface area contributed by atoms with E-state index in [4.69, 9.17) is 0 Å². The Kier molecular flexibility index (Phi) is 4.71. The van der Waals surface area contributed by atoms with E-state index in [0.717, 1.165) is 25.7 Å². The normalized spacial score (nSPS) is 17.0. The van der Waals surface area contributed by atoms with E-state index in [2.05, 4.69) is 13.8 Å². The molecule has 0 saturated heterocycles. The average molecular weight is 332 g/mol. The van der Waals surface area contributed by atoms with Gasteiger partial charge in [-0.1, -0.05) is 57.4 Å². The molecule has 0 saturated carbocycles. The molecule has 1 unspecified atom stereocenters. The molecule has 0 N–H and O–H groups in total. The van der Waals surface area contributed by atoms with E-state index in [1.54, 1.807) is 24.3 Å². The number of halogens is 3. The van der Waals surface area contributed by atoms with E-state index in [9.17, 15) is 13.2 Å². The highest BCUT2D eigenvalue weighted by Crippen LogP contribution is 2.49. The summed E-state index contributed by atoms with van der Waals surface area (Å²) in [5, 5.41) is 1.36. The summed E-state index contributed by atoms with van der Waals surface area (Å²) < 4.78 is 43.8. The maximum absolute atomic E-state index is 14.8. The summed E-state index contributed by atoms with van der Waals surface area (Å²) in [6.45, 7) is 4.29. The van der Waals surface area contributed by atoms with Gasteiger partial charge < -0.3 is 0 Å². The fourth-order valence-electron chi connectivity index (χ4n) is 3.74. The van der Waals surface area contributed by atoms with Crippen LogP contribution in [-0.2, 0) is 5.92 Å². The van der Waals surface area contributed by atoms with Gasteiger partial charge in [-0.2, -0.15) is 8.78 Å². The van der Waals surface area contributed by atoms with Gasteiger partial charge in [0.25, 0.3) is 5.92 Å². The van der Waals surface area contributed by atoms with E-state index in [-0.39, 0.29) is 5.57 Å². The van der Waals surface area contributed by atoms with Gasteiger partial charge in [-0.25, -0.2) is 4.39 Å². The zero-order chi connectivity index (χ0) is 17.3. The van der Waals surface area contributed by atoms with Crippen LogP contribution in [0, 0.1) is 11.7 Å². The number of hydrogen-bond donors (Lipinski definition) is 0. The Morgan fingerprint density at radius 3 is 2.62 bits per heavy atom. The summed E-state index contributed by atoms with van der Waals surface area (Å²) in [5.74, 6) is -3.46. The van der Waals surface area contributed by atoms with E-state index >= 15 is 0 Å². The molecular formula is C21H23F3. The number of allylic oxidation sites excluding steroid dienone is 1. The molecule has 0 aromatic heterocycles. The monoisotopic (exact) mass is 332 g/mol. The number of fused-ring (bicyclic) bond motifs is 3. The smallest absolute Gasteiger partial charge is 0.206 e. The molecule has 0 nitrogen and oxygen atoms in total. The molecule has 0 bridgehead atoms. The quantitative estimate of drug-likeness (QED) is 0.530. The van der Waals surface area contributed by atoms with Crippen LogP contribution in [-0.4, -0.2) is 0 Å². The molecule has 24 heavy (non-hydrogen) atoms. The van der Waals surface area contributed by atoms with Crippen LogP contribution in [0.1, 0.15) is 57.1 Å². The SMILES string of the molecule is CCCC(C)CCCC1=Cc2c(c(F)cc3ccccc23)C1(F)F. The largest absolute Gasteiger partial charge is 0.298 e. The first kappa shape index (κ1) is 17.1. The molecule has 0 amide bonds. The molecule has 1 atom stereocenters. The van der Waals surface area contributed by atoms with Gasteiger partial charge >= 0.3 is 0 Å². The summed E-state index contributed by atoms with van der Waals surface area (Å²) in [5.41, 5.74) is -0.0403. The summed E-state index contributed by atoms with van der Waals surface area (Å²) in [6.07, 6.45) is 5.73. The molecule has 1 aliphatic carbocycles. The van der Waals surface area contributed by atoms with Gasteiger partial charge in [-0.05, 0) is 47.2 Å². The van der Waals surface area contributed by atoms with Crippen molar-refractivity contribution in [1.29, 1.82) is 0 Å². The Morgan fingerprint density at radius 2 is 1.88 bits per heavy atom. The lowest BCUT2D eigenvalue weighted by Crippen LogP contribution is -2.15. The van der Waals surface area contributed by atoms with Crippen LogP contribution in [0.5, 0.6) is 0 Å². The second-order valence-corrected chi connectivity index (χ2v) is 6.90. The van der Waals surface area contributed by atoms with Gasteiger partial charge in [0.2, 0.25) is 0 Å². The van der Waals surface area contributed by atoms with Crippen molar-refractivity contribution in [2.45, 2.75) is 51.9 Å². The Hall–Kier alpha value is -1.77. The van der Waals surface area contributed by atoms with Gasteiger partial charge in [-0.15, -0.1) is 0 Å². The zero-order valence-electron chi connectivity index (χ0n) is 14.2. The van der Waals surface area contributed by atoms with Crippen LogP contribution in [0.4, 0.5) is 13.2 Å². The highest BCUT2D eigenvalue weighted by atomic mass is 19.3. The highest BCUT2D eigenvalue weighted by molar-refractivity contribution is 5.94. The molecule has 128 valence electrons. The fourth-order valence-corrected chi connectivity index (χ4v) is 3.74. The minimum atomic E-state index is -3.20. The van der Waals surface area contributed by atoms with Crippen LogP contribution in [0.15, 0.2) is 35.9 Å². The van der Waals surface area contributed by atoms with Gasteiger partial charge in [0.05, 0.1) is 5.56 Å². The summed E-state index contributed by atoms with van der Waals surface area (Å²) in [4.78, 5) is 0. The molecule has 0 fully saturated rings. The standard InChI is InChI=1S/C21H23F3/c1-3-7-14(2)8-6-10-16-13-18-17-11-5-4-9-15(17)12-19(22)20(18)21(16,23)24/h4-5,9,11-14H,3,6-8,10H2,1-2H3. The lowest BCUT2D eigenvalue weighted by Gasteiger charge is -2.18. The van der Waals surface area contributed by atoms with Crippen molar-refractivity contribution < 1.29 is 13.2 Å². The second kappa shape index (κ2) is 6.62. The average Bonchev–Trinajstić information content (AvgIpc) is 2.80. The lowest BCUT2D eigenvalue weighted by molar-refractivity contribution is 0.0345. The van der Waals surface area contributed by atoms with E-state index in [1.807, 2.05) is 0 Å². The number of alkyl halides is 2. The second-order valence-electron chi connectivity index (χ2n) is 6.90. The molecular weight excluding hydrogens is 309 g/mol. The molecule has 0 radical (unpaired) electrons. The first-order valence-electron chi connectivity index (χ1n) is 8.75. The van der Waals surface area contributed by atoms with Crippen LogP contribution in [0.25, 0.3) is 16.8 Å². The third-order valence-electron chi connectivity index (χ3n) is 5.00. The molecule has 3 heteroatoms. The Labute approximate surface area is 141 Å². The lowest BCUT2D eigenvalue weighted by atomic mass is 9.95. The summed E-state index contributed by atoms with van der Waals surface area (Å²) >= 11 is 0. The van der Waals surface area contributed by atoms with Crippen molar-refractivity contribution in [1.82, 2.24) is 0 Å². The summed E-state index contributed by atoms with van der Waals surface area (Å²) in [6, 6.07) is 8.36. The molecule has 0 aliphatic heterocycles. The molecule has 1 aliphatic rings. The molecule has 2 aromatic carbocycles. The van der Waals surface area contributed by atoms with Crippen molar-refractivity contribution in [3.05, 3.63) is 52.8 Å². The van der Waals surface area contributed by atoms with Crippen LogP contribution in [0.2, 0.25) is 0 Å². The minimum absolute atomic E-state index is 0.0523. The van der Waals surface area contributed by atoms with Crippen molar-refractivity contribution in [3.63, 3.8) is 0 Å². The zero-order valence-corrected chi connectivity index (χ0v) is 14.2. The topological polar surface area (TPSA) is 0 Å². The number of rotatable bonds is 6. The van der Waals surface area contributed by atoms with Crippen molar-refractivity contribution >= 4 is 16.8 Å². The Morgan fingerprint density at radius 1 is 1.12 bits per heavy atom. The van der Waals surface area contributed by atoms with E-state index in [0.29, 0.717) is 28.7 Å². The van der Waals surface area contributed by atoms with Gasteiger partial charge in [0, 0.05) is 5.57 Å².